The van der Waals surface area contributed by atoms with Crippen LogP contribution in [-0.2, 0) is 44.7 Å². The lowest BCUT2D eigenvalue weighted by Gasteiger charge is -2.14. The molecule has 0 saturated carbocycles. The third-order valence-corrected chi connectivity index (χ3v) is 5.16. The number of ether oxygens (including phenoxy) is 2. The van der Waals surface area contributed by atoms with E-state index in [1.165, 1.54) is 34.4 Å². The van der Waals surface area contributed by atoms with E-state index in [9.17, 15) is 9.59 Å². The highest BCUT2D eigenvalue weighted by atomic mass is 16.5. The van der Waals surface area contributed by atoms with Crippen molar-refractivity contribution in [2.45, 2.75) is 39.5 Å². The fraction of sp³-hybridized carbons (Fsp3) is 0.308. The molecule has 4 nitrogen and oxygen atoms in total. The maximum atomic E-state index is 11.7. The predicted molar refractivity (Wildman–Crippen MR) is 119 cm³/mol. The van der Waals surface area contributed by atoms with Crippen LogP contribution in [0.15, 0.2) is 48.6 Å². The van der Waals surface area contributed by atoms with Crippen molar-refractivity contribution in [3.63, 3.8) is 0 Å². The van der Waals surface area contributed by atoms with E-state index in [0.717, 1.165) is 36.8 Å². The first kappa shape index (κ1) is 21.6. The predicted octanol–water partition coefficient (Wildman–Crippen LogP) is 4.72. The first-order valence-corrected chi connectivity index (χ1v) is 10.5. The smallest absolute Gasteiger partial charge is 0.330 e. The van der Waals surface area contributed by atoms with Crippen LogP contribution in [0.5, 0.6) is 0 Å². The first-order valence-electron chi connectivity index (χ1n) is 10.5. The first-order chi connectivity index (χ1) is 14.6. The van der Waals surface area contributed by atoms with Crippen LogP contribution in [0.4, 0.5) is 0 Å². The number of rotatable bonds is 6. The molecule has 2 aromatic carbocycles. The van der Waals surface area contributed by atoms with Gasteiger partial charge in [0.2, 0.25) is 0 Å². The van der Waals surface area contributed by atoms with Gasteiger partial charge >= 0.3 is 11.9 Å². The van der Waals surface area contributed by atoms with Crippen LogP contribution in [0, 0.1) is 0 Å². The highest BCUT2D eigenvalue weighted by Gasteiger charge is 2.10. The molecular weight excluding hydrogens is 376 g/mol. The minimum Gasteiger partial charge on any atom is -0.463 e. The molecule has 0 amide bonds. The van der Waals surface area contributed by atoms with Crippen LogP contribution in [0.2, 0.25) is 0 Å². The van der Waals surface area contributed by atoms with Crippen LogP contribution in [0.3, 0.4) is 0 Å². The van der Waals surface area contributed by atoms with Crippen molar-refractivity contribution in [1.82, 2.24) is 0 Å². The van der Waals surface area contributed by atoms with Crippen LogP contribution >= 0.6 is 0 Å². The van der Waals surface area contributed by atoms with Gasteiger partial charge in [-0.25, -0.2) is 9.59 Å². The Bertz CT molecular complexity index is 889. The second kappa shape index (κ2) is 10.6. The van der Waals surface area contributed by atoms with Crippen molar-refractivity contribution < 1.29 is 19.1 Å². The number of hydrogen-bond donors (Lipinski definition) is 0. The van der Waals surface area contributed by atoms with E-state index in [2.05, 4.69) is 36.4 Å². The largest absolute Gasteiger partial charge is 0.463 e. The zero-order valence-corrected chi connectivity index (χ0v) is 17.6. The summed E-state index contributed by atoms with van der Waals surface area (Å²) in [6.07, 6.45) is 10.2. The molecule has 0 radical (unpaired) electrons. The van der Waals surface area contributed by atoms with Gasteiger partial charge in [-0.2, -0.15) is 0 Å². The zero-order valence-electron chi connectivity index (χ0n) is 17.6. The van der Waals surface area contributed by atoms with E-state index in [1.54, 1.807) is 13.8 Å². The Morgan fingerprint density at radius 2 is 1.17 bits per heavy atom. The van der Waals surface area contributed by atoms with Gasteiger partial charge < -0.3 is 9.47 Å². The fourth-order valence-electron chi connectivity index (χ4n) is 3.62. The number of benzene rings is 2. The number of aryl methyl sites for hydroxylation is 4. The molecule has 0 saturated heterocycles. The van der Waals surface area contributed by atoms with Gasteiger partial charge in [0, 0.05) is 12.2 Å². The summed E-state index contributed by atoms with van der Waals surface area (Å²) in [5, 5.41) is 0. The zero-order chi connectivity index (χ0) is 21.3. The topological polar surface area (TPSA) is 52.6 Å². The van der Waals surface area contributed by atoms with E-state index in [0.29, 0.717) is 13.2 Å². The summed E-state index contributed by atoms with van der Waals surface area (Å²) in [5.41, 5.74) is 6.97. The normalized spacial score (nSPS) is 13.4. The molecule has 0 heterocycles. The average Bonchev–Trinajstić information content (AvgIpc) is 2.73. The van der Waals surface area contributed by atoms with Crippen molar-refractivity contribution in [3.8, 4) is 0 Å². The Balaban J connectivity index is 1.86. The standard InChI is InChI=1S/C26H28O4/c1-3-29-25(27)15-13-23-17-19-5-9-21(23)11-7-20-6-10-22(12-8-19)24(18-20)14-16-26(28)30-4-2/h5-6,9-10,13-18H,3-4,7-8,11-12H2,1-2H3/b15-13+,16-14+. The van der Waals surface area contributed by atoms with Crippen LogP contribution in [0.1, 0.15) is 47.2 Å². The molecule has 0 unspecified atom stereocenters. The van der Waals surface area contributed by atoms with Gasteiger partial charge in [-0.3, -0.25) is 0 Å². The molecule has 6 rings (SSSR count). The van der Waals surface area contributed by atoms with Crippen molar-refractivity contribution in [3.05, 3.63) is 81.9 Å². The van der Waals surface area contributed by atoms with Gasteiger partial charge in [0.1, 0.15) is 0 Å². The summed E-state index contributed by atoms with van der Waals surface area (Å²) in [6.45, 7) is 4.35. The minimum absolute atomic E-state index is 0.317. The summed E-state index contributed by atoms with van der Waals surface area (Å²) >= 11 is 0. The summed E-state index contributed by atoms with van der Waals surface area (Å²) in [6, 6.07) is 13.0. The van der Waals surface area contributed by atoms with Crippen molar-refractivity contribution in [1.29, 1.82) is 0 Å². The lowest BCUT2D eigenvalue weighted by atomic mass is 9.91. The monoisotopic (exact) mass is 404 g/mol. The lowest BCUT2D eigenvalue weighted by molar-refractivity contribution is -0.138. The molecule has 0 spiro atoms. The second-order valence-electron chi connectivity index (χ2n) is 7.24. The number of esters is 2. The van der Waals surface area contributed by atoms with E-state index >= 15 is 0 Å². The van der Waals surface area contributed by atoms with Crippen LogP contribution in [-0.4, -0.2) is 25.2 Å². The molecule has 0 fully saturated rings. The Hall–Kier alpha value is -3.14. The molecule has 0 aliphatic heterocycles. The van der Waals surface area contributed by atoms with Crippen molar-refractivity contribution in [2.24, 2.45) is 0 Å². The molecule has 4 aliphatic rings. The average molecular weight is 405 g/mol. The third kappa shape index (κ3) is 5.93. The Morgan fingerprint density at radius 1 is 0.733 bits per heavy atom. The summed E-state index contributed by atoms with van der Waals surface area (Å²) in [4.78, 5) is 23.5. The summed E-state index contributed by atoms with van der Waals surface area (Å²) in [7, 11) is 0. The quantitative estimate of drug-likeness (QED) is 0.516. The fourth-order valence-corrected chi connectivity index (χ4v) is 3.62. The molecule has 4 heteroatoms. The maximum absolute atomic E-state index is 11.7. The van der Waals surface area contributed by atoms with Crippen molar-refractivity contribution >= 4 is 24.1 Å². The highest BCUT2D eigenvalue weighted by molar-refractivity contribution is 5.88. The van der Waals surface area contributed by atoms with E-state index < -0.39 is 0 Å². The van der Waals surface area contributed by atoms with Gasteiger partial charge in [-0.05, 0) is 85.1 Å². The number of carbonyl (C=O) groups excluding carboxylic acids is 2. The Morgan fingerprint density at radius 3 is 1.57 bits per heavy atom. The van der Waals surface area contributed by atoms with Gasteiger partial charge in [-0.1, -0.05) is 36.4 Å². The lowest BCUT2D eigenvalue weighted by Crippen LogP contribution is -2.03. The molecule has 0 aromatic heterocycles. The molecular formula is C26H28O4. The molecule has 0 atom stereocenters. The molecule has 4 aliphatic carbocycles. The van der Waals surface area contributed by atoms with Gasteiger partial charge in [0.15, 0.2) is 0 Å². The van der Waals surface area contributed by atoms with Crippen LogP contribution < -0.4 is 0 Å². The number of hydrogen-bond acceptors (Lipinski definition) is 4. The van der Waals surface area contributed by atoms with Gasteiger partial charge in [0.25, 0.3) is 0 Å². The maximum Gasteiger partial charge on any atom is 0.330 e. The van der Waals surface area contributed by atoms with Gasteiger partial charge in [0.05, 0.1) is 13.2 Å². The third-order valence-electron chi connectivity index (χ3n) is 5.16. The van der Waals surface area contributed by atoms with Gasteiger partial charge in [-0.15, -0.1) is 0 Å². The molecule has 30 heavy (non-hydrogen) atoms. The molecule has 2 aromatic rings. The van der Waals surface area contributed by atoms with E-state index in [-0.39, 0.29) is 11.9 Å². The van der Waals surface area contributed by atoms with E-state index in [4.69, 9.17) is 9.47 Å². The molecule has 4 bridgehead atoms. The number of carbonyl (C=O) groups is 2. The minimum atomic E-state index is -0.317. The summed E-state index contributed by atoms with van der Waals surface area (Å²) < 4.78 is 10.0. The van der Waals surface area contributed by atoms with Crippen molar-refractivity contribution in [2.75, 3.05) is 13.2 Å². The molecule has 0 N–H and O–H groups in total. The second-order valence-corrected chi connectivity index (χ2v) is 7.24. The SMILES string of the molecule is CCOC(=O)/C=C/c1cc2ccc1CCc1ccc(c(/C=C/C(=O)OCC)c1)CC2. The Kier molecular flexibility index (Phi) is 7.61. The summed E-state index contributed by atoms with van der Waals surface area (Å²) in [5.74, 6) is -0.634. The Labute approximate surface area is 178 Å². The highest BCUT2D eigenvalue weighted by Crippen LogP contribution is 2.23. The van der Waals surface area contributed by atoms with Crippen LogP contribution in [0.25, 0.3) is 12.2 Å². The molecule has 156 valence electrons. The van der Waals surface area contributed by atoms with E-state index in [1.807, 2.05) is 12.2 Å².